The first-order valence-corrected chi connectivity index (χ1v) is 10.5. The normalized spacial score (nSPS) is 22.6. The molecule has 0 saturated carbocycles. The molecule has 2 fully saturated rings. The fourth-order valence-electron chi connectivity index (χ4n) is 4.11. The lowest BCUT2D eigenvalue weighted by Gasteiger charge is -2.31. The van der Waals surface area contributed by atoms with Crippen LogP contribution in [0, 0.1) is 5.92 Å². The van der Waals surface area contributed by atoms with Crippen LogP contribution in [0.2, 0.25) is 5.02 Å². The highest BCUT2D eigenvalue weighted by Gasteiger charge is 2.35. The van der Waals surface area contributed by atoms with E-state index in [1.807, 2.05) is 11.8 Å². The molecule has 0 aromatic heterocycles. The number of rotatable bonds is 5. The molecular formula is C21H30ClN3O2. The first-order valence-electron chi connectivity index (χ1n) is 10.1. The smallest absolute Gasteiger partial charge is 0.251 e. The van der Waals surface area contributed by atoms with Gasteiger partial charge in [-0.15, -0.1) is 0 Å². The molecule has 2 aliphatic rings. The van der Waals surface area contributed by atoms with Crippen molar-refractivity contribution < 1.29 is 9.59 Å². The lowest BCUT2D eigenvalue weighted by molar-refractivity contribution is -0.134. The van der Waals surface area contributed by atoms with Crippen molar-refractivity contribution in [3.8, 4) is 0 Å². The molecule has 0 unspecified atom stereocenters. The number of amides is 2. The maximum atomic E-state index is 13.3. The first-order chi connectivity index (χ1) is 13.0. The van der Waals surface area contributed by atoms with Crippen molar-refractivity contribution in [2.75, 3.05) is 26.2 Å². The number of hydrogen-bond donors (Lipinski definition) is 1. The third-order valence-electron chi connectivity index (χ3n) is 5.99. The Hall–Kier alpha value is -1.59. The summed E-state index contributed by atoms with van der Waals surface area (Å²) in [6.45, 7) is 7.86. The molecule has 2 amide bonds. The van der Waals surface area contributed by atoms with E-state index in [2.05, 4.69) is 17.1 Å². The second kappa shape index (κ2) is 9.07. The Labute approximate surface area is 167 Å². The summed E-state index contributed by atoms with van der Waals surface area (Å²) < 4.78 is 0. The monoisotopic (exact) mass is 391 g/mol. The lowest BCUT2D eigenvalue weighted by atomic mass is 9.97. The molecular weight excluding hydrogens is 362 g/mol. The number of carbonyl (C=O) groups is 2. The highest BCUT2D eigenvalue weighted by molar-refractivity contribution is 6.30. The molecule has 1 aromatic rings. The van der Waals surface area contributed by atoms with Crippen LogP contribution in [0.15, 0.2) is 24.3 Å². The van der Waals surface area contributed by atoms with Crippen molar-refractivity contribution in [3.05, 3.63) is 34.9 Å². The number of nitrogens with one attached hydrogen (secondary N) is 1. The van der Waals surface area contributed by atoms with E-state index in [4.69, 9.17) is 11.6 Å². The van der Waals surface area contributed by atoms with E-state index < -0.39 is 6.04 Å². The minimum Gasteiger partial charge on any atom is -0.340 e. The zero-order valence-corrected chi connectivity index (χ0v) is 17.0. The van der Waals surface area contributed by atoms with Crippen LogP contribution in [0.1, 0.15) is 49.9 Å². The summed E-state index contributed by atoms with van der Waals surface area (Å²) in [7, 11) is 0. The second-order valence-electron chi connectivity index (χ2n) is 7.81. The highest BCUT2D eigenvalue weighted by atomic mass is 35.5. The predicted molar refractivity (Wildman–Crippen MR) is 108 cm³/mol. The zero-order chi connectivity index (χ0) is 19.4. The summed E-state index contributed by atoms with van der Waals surface area (Å²) in [5.41, 5.74) is 0.526. The van der Waals surface area contributed by atoms with E-state index in [1.54, 1.807) is 24.3 Å². The van der Waals surface area contributed by atoms with Crippen molar-refractivity contribution >= 4 is 23.4 Å². The van der Waals surface area contributed by atoms with Crippen LogP contribution in [0.5, 0.6) is 0 Å². The van der Waals surface area contributed by atoms with Gasteiger partial charge in [-0.2, -0.15) is 0 Å². The number of nitrogens with zero attached hydrogens (tertiary/aromatic N) is 2. The quantitative estimate of drug-likeness (QED) is 0.838. The van der Waals surface area contributed by atoms with Gasteiger partial charge in [0, 0.05) is 36.3 Å². The van der Waals surface area contributed by atoms with Crippen LogP contribution < -0.4 is 5.32 Å². The molecule has 6 heteroatoms. The molecule has 3 atom stereocenters. The van der Waals surface area contributed by atoms with Crippen molar-refractivity contribution in [1.82, 2.24) is 15.1 Å². The molecule has 1 N–H and O–H groups in total. The van der Waals surface area contributed by atoms with Crippen LogP contribution in [-0.2, 0) is 4.79 Å². The van der Waals surface area contributed by atoms with Gasteiger partial charge >= 0.3 is 0 Å². The number of halogens is 1. The van der Waals surface area contributed by atoms with E-state index in [-0.39, 0.29) is 17.7 Å². The summed E-state index contributed by atoms with van der Waals surface area (Å²) >= 11 is 5.91. The number of fused-ring (bicyclic) bond motifs is 1. The molecule has 27 heavy (non-hydrogen) atoms. The lowest BCUT2D eigenvalue weighted by Crippen LogP contribution is -2.53. The summed E-state index contributed by atoms with van der Waals surface area (Å²) in [5, 5.41) is 3.58. The fourth-order valence-corrected chi connectivity index (χ4v) is 4.24. The van der Waals surface area contributed by atoms with Crippen LogP contribution in [0.3, 0.4) is 0 Å². The zero-order valence-electron chi connectivity index (χ0n) is 16.3. The molecule has 0 bridgehead atoms. The molecule has 1 aromatic carbocycles. The van der Waals surface area contributed by atoms with Crippen molar-refractivity contribution in [3.63, 3.8) is 0 Å². The largest absolute Gasteiger partial charge is 0.340 e. The van der Waals surface area contributed by atoms with E-state index in [0.29, 0.717) is 16.6 Å². The van der Waals surface area contributed by atoms with Gasteiger partial charge in [-0.05, 0) is 56.0 Å². The second-order valence-corrected chi connectivity index (χ2v) is 8.25. The first kappa shape index (κ1) is 20.2. The average molecular weight is 392 g/mol. The van der Waals surface area contributed by atoms with Gasteiger partial charge in [-0.3, -0.25) is 14.5 Å². The molecule has 2 saturated heterocycles. The Balaban J connectivity index is 1.72. The molecule has 2 heterocycles. The topological polar surface area (TPSA) is 52.7 Å². The van der Waals surface area contributed by atoms with Crippen LogP contribution in [0.4, 0.5) is 0 Å². The van der Waals surface area contributed by atoms with Crippen molar-refractivity contribution in [2.45, 2.75) is 51.6 Å². The number of carbonyl (C=O) groups excluding carboxylic acids is 2. The predicted octanol–water partition coefficient (Wildman–Crippen LogP) is 3.18. The summed E-state index contributed by atoms with van der Waals surface area (Å²) in [4.78, 5) is 30.5. The van der Waals surface area contributed by atoms with Crippen LogP contribution in [-0.4, -0.2) is 59.9 Å². The maximum absolute atomic E-state index is 13.3. The summed E-state index contributed by atoms with van der Waals surface area (Å²) in [5.74, 6) is -0.0836. The third kappa shape index (κ3) is 4.82. The van der Waals surface area contributed by atoms with E-state index in [9.17, 15) is 9.59 Å². The van der Waals surface area contributed by atoms with Gasteiger partial charge in [0.05, 0.1) is 0 Å². The van der Waals surface area contributed by atoms with Gasteiger partial charge < -0.3 is 10.2 Å². The molecule has 0 aliphatic carbocycles. The van der Waals surface area contributed by atoms with Crippen LogP contribution >= 0.6 is 11.6 Å². The van der Waals surface area contributed by atoms with Gasteiger partial charge in [0.2, 0.25) is 5.91 Å². The van der Waals surface area contributed by atoms with Gasteiger partial charge in [0.25, 0.3) is 5.91 Å². The highest BCUT2D eigenvalue weighted by Crippen LogP contribution is 2.23. The minimum atomic E-state index is -0.494. The summed E-state index contributed by atoms with van der Waals surface area (Å²) in [6, 6.07) is 6.75. The SMILES string of the molecule is CC[C@H](C)[C@@H](NC(=O)c1ccc(Cl)cc1)C(=O)N1CCCN2CCC[C@H]2C1. The Bertz CT molecular complexity index is 664. The van der Waals surface area contributed by atoms with E-state index >= 15 is 0 Å². The average Bonchev–Trinajstić information content (AvgIpc) is 3.02. The fraction of sp³-hybridized carbons (Fsp3) is 0.619. The number of benzene rings is 1. The van der Waals surface area contributed by atoms with Gasteiger partial charge in [-0.25, -0.2) is 0 Å². The molecule has 0 radical (unpaired) electrons. The Kier molecular flexibility index (Phi) is 6.77. The Morgan fingerprint density at radius 1 is 1.19 bits per heavy atom. The molecule has 0 spiro atoms. The molecule has 148 valence electrons. The molecule has 2 aliphatic heterocycles. The summed E-state index contributed by atoms with van der Waals surface area (Å²) in [6.07, 6.45) is 4.21. The van der Waals surface area contributed by atoms with Crippen molar-refractivity contribution in [2.24, 2.45) is 5.92 Å². The van der Waals surface area contributed by atoms with Gasteiger partial charge in [-0.1, -0.05) is 31.9 Å². The maximum Gasteiger partial charge on any atom is 0.251 e. The van der Waals surface area contributed by atoms with E-state index in [1.165, 1.54) is 6.42 Å². The van der Waals surface area contributed by atoms with Crippen molar-refractivity contribution in [1.29, 1.82) is 0 Å². The van der Waals surface area contributed by atoms with Gasteiger partial charge in [0.15, 0.2) is 0 Å². The molecule has 3 rings (SSSR count). The third-order valence-corrected chi connectivity index (χ3v) is 6.24. The van der Waals surface area contributed by atoms with E-state index in [0.717, 1.165) is 45.4 Å². The Morgan fingerprint density at radius 2 is 1.89 bits per heavy atom. The molecule has 5 nitrogen and oxygen atoms in total. The van der Waals surface area contributed by atoms with Crippen LogP contribution in [0.25, 0.3) is 0 Å². The number of hydrogen-bond acceptors (Lipinski definition) is 3. The minimum absolute atomic E-state index is 0.0559. The Morgan fingerprint density at radius 3 is 2.59 bits per heavy atom. The van der Waals surface area contributed by atoms with Gasteiger partial charge in [0.1, 0.15) is 6.04 Å². The standard InChI is InChI=1S/C21H30ClN3O2/c1-3-15(2)19(23-20(26)16-7-9-17(22)10-8-16)21(27)25-13-5-12-24-11-4-6-18(24)14-25/h7-10,15,18-19H,3-6,11-14H2,1-2H3,(H,23,26)/t15-,18-,19+/m0/s1.